The van der Waals surface area contributed by atoms with Crippen molar-refractivity contribution in [3.05, 3.63) is 30.2 Å². The van der Waals surface area contributed by atoms with Crippen LogP contribution in [0.5, 0.6) is 0 Å². The van der Waals surface area contributed by atoms with E-state index in [1.807, 2.05) is 0 Å². The first-order valence-corrected chi connectivity index (χ1v) is 6.33. The minimum absolute atomic E-state index is 0.0309. The summed E-state index contributed by atoms with van der Waals surface area (Å²) in [7, 11) is 1.25. The van der Waals surface area contributed by atoms with Crippen LogP contribution in [0.15, 0.2) is 24.5 Å². The molecule has 0 spiro atoms. The van der Waals surface area contributed by atoms with Gasteiger partial charge in [-0.3, -0.25) is 9.78 Å². The summed E-state index contributed by atoms with van der Waals surface area (Å²) in [4.78, 5) is 27.3. The molecule has 1 amide bonds. The first-order valence-electron chi connectivity index (χ1n) is 6.33. The molecule has 2 heterocycles. The zero-order valence-electron chi connectivity index (χ0n) is 11.7. The van der Waals surface area contributed by atoms with Gasteiger partial charge in [0.05, 0.1) is 7.11 Å². The Morgan fingerprint density at radius 3 is 2.57 bits per heavy atom. The number of carbonyl (C=O) groups is 2. The topological polar surface area (TPSA) is 113 Å². The van der Waals surface area contributed by atoms with Crippen LogP contribution < -0.4 is 5.73 Å². The van der Waals surface area contributed by atoms with Gasteiger partial charge in [0, 0.05) is 18.0 Å². The van der Waals surface area contributed by atoms with Crippen LogP contribution in [0.2, 0.25) is 0 Å². The lowest BCUT2D eigenvalue weighted by atomic mass is 10.1. The summed E-state index contributed by atoms with van der Waals surface area (Å²) in [5, 5.41) is 7.72. The summed E-state index contributed by atoms with van der Waals surface area (Å²) in [5.41, 5.74) is 6.45. The van der Waals surface area contributed by atoms with Crippen LogP contribution in [0.1, 0.15) is 29.9 Å². The number of esters is 1. The van der Waals surface area contributed by atoms with Crippen molar-refractivity contribution in [3.8, 4) is 11.3 Å². The average Bonchev–Trinajstić information content (AvgIpc) is 2.92. The smallest absolute Gasteiger partial charge is 0.360 e. The fraction of sp³-hybridized carbons (Fsp3) is 0.308. The number of hydrogen-bond donors (Lipinski definition) is 1. The number of aromatic nitrogens is 4. The molecule has 0 saturated heterocycles. The number of carbonyl (C=O) groups excluding carboxylic acids is 2. The molecule has 0 aliphatic rings. The molecule has 2 aromatic heterocycles. The van der Waals surface area contributed by atoms with E-state index in [9.17, 15) is 9.59 Å². The summed E-state index contributed by atoms with van der Waals surface area (Å²) in [6, 6.07) is 2.68. The number of rotatable bonds is 5. The molecule has 0 saturated carbocycles. The maximum Gasteiger partial charge on any atom is 0.360 e. The molecule has 110 valence electrons. The highest BCUT2D eigenvalue weighted by Gasteiger charge is 2.27. The van der Waals surface area contributed by atoms with Crippen molar-refractivity contribution in [2.24, 2.45) is 5.73 Å². The predicted octanol–water partition coefficient (Wildman–Crippen LogP) is 0.563. The Kier molecular flexibility index (Phi) is 4.27. The molecule has 8 heteroatoms. The number of ether oxygens (including phenoxy) is 1. The summed E-state index contributed by atoms with van der Waals surface area (Å²) in [6.07, 6.45) is 3.56. The highest BCUT2D eigenvalue weighted by Crippen LogP contribution is 2.26. The Balaban J connectivity index is 2.65. The van der Waals surface area contributed by atoms with Gasteiger partial charge >= 0.3 is 5.97 Å². The second-order valence-corrected chi connectivity index (χ2v) is 4.29. The van der Waals surface area contributed by atoms with Gasteiger partial charge in [0.2, 0.25) is 5.91 Å². The predicted molar refractivity (Wildman–Crippen MR) is 73.1 cm³/mol. The van der Waals surface area contributed by atoms with E-state index in [-0.39, 0.29) is 5.69 Å². The Bertz CT molecular complexity index is 653. The summed E-state index contributed by atoms with van der Waals surface area (Å²) in [5.74, 6) is -1.18. The van der Waals surface area contributed by atoms with Gasteiger partial charge in [-0.2, -0.15) is 0 Å². The van der Waals surface area contributed by atoms with Crippen molar-refractivity contribution in [1.82, 2.24) is 20.0 Å². The SMILES string of the molecule is CCC(C(N)=O)n1nnc(C(=O)OC)c1-c1ccncc1. The molecule has 0 bridgehead atoms. The fourth-order valence-corrected chi connectivity index (χ4v) is 2.02. The number of nitrogens with zero attached hydrogens (tertiary/aromatic N) is 4. The maximum absolute atomic E-state index is 11.8. The third-order valence-corrected chi connectivity index (χ3v) is 3.04. The molecule has 21 heavy (non-hydrogen) atoms. The minimum Gasteiger partial charge on any atom is -0.464 e. The molecular formula is C13H15N5O3. The fourth-order valence-electron chi connectivity index (χ4n) is 2.02. The van der Waals surface area contributed by atoms with E-state index >= 15 is 0 Å². The largest absolute Gasteiger partial charge is 0.464 e. The summed E-state index contributed by atoms with van der Waals surface area (Å²) >= 11 is 0. The zero-order chi connectivity index (χ0) is 15.4. The van der Waals surface area contributed by atoms with Crippen molar-refractivity contribution >= 4 is 11.9 Å². The number of amides is 1. The molecule has 8 nitrogen and oxygen atoms in total. The Hall–Kier alpha value is -2.77. The van der Waals surface area contributed by atoms with Gasteiger partial charge in [-0.05, 0) is 18.6 Å². The van der Waals surface area contributed by atoms with Crippen LogP contribution in [0.4, 0.5) is 0 Å². The van der Waals surface area contributed by atoms with Crippen molar-refractivity contribution < 1.29 is 14.3 Å². The second-order valence-electron chi connectivity index (χ2n) is 4.29. The van der Waals surface area contributed by atoms with Crippen molar-refractivity contribution in [2.45, 2.75) is 19.4 Å². The van der Waals surface area contributed by atoms with Gasteiger partial charge in [-0.1, -0.05) is 12.1 Å². The molecule has 0 aromatic carbocycles. The molecule has 0 fully saturated rings. The number of pyridine rings is 1. The molecule has 2 aromatic rings. The highest BCUT2D eigenvalue weighted by molar-refractivity contribution is 5.94. The third-order valence-electron chi connectivity index (χ3n) is 3.04. The van der Waals surface area contributed by atoms with Gasteiger partial charge in [0.25, 0.3) is 0 Å². The lowest BCUT2D eigenvalue weighted by Crippen LogP contribution is -2.27. The van der Waals surface area contributed by atoms with Crippen LogP contribution in [0.3, 0.4) is 0 Å². The standard InChI is InChI=1S/C13H15N5O3/c1-3-9(12(14)19)18-11(8-4-6-15-7-5-8)10(16-17-18)13(20)21-2/h4-7,9H,3H2,1-2H3,(H2,14,19). The maximum atomic E-state index is 11.8. The number of nitrogens with two attached hydrogens (primary N) is 1. The molecule has 0 aliphatic carbocycles. The molecule has 2 N–H and O–H groups in total. The van der Waals surface area contributed by atoms with Crippen LogP contribution in [0, 0.1) is 0 Å². The molecule has 1 atom stereocenters. The molecule has 2 rings (SSSR count). The van der Waals surface area contributed by atoms with Gasteiger partial charge < -0.3 is 10.5 Å². The summed E-state index contributed by atoms with van der Waals surface area (Å²) < 4.78 is 6.05. The van der Waals surface area contributed by atoms with E-state index in [0.717, 1.165) is 0 Å². The zero-order valence-corrected chi connectivity index (χ0v) is 11.7. The van der Waals surface area contributed by atoms with Crippen LogP contribution in [-0.2, 0) is 9.53 Å². The van der Waals surface area contributed by atoms with E-state index in [1.54, 1.807) is 31.5 Å². The van der Waals surface area contributed by atoms with Crippen molar-refractivity contribution in [2.75, 3.05) is 7.11 Å². The molecule has 0 aliphatic heterocycles. The number of methoxy groups -OCH3 is 1. The third kappa shape index (κ3) is 2.73. The van der Waals surface area contributed by atoms with Crippen LogP contribution in [0.25, 0.3) is 11.3 Å². The number of hydrogen-bond acceptors (Lipinski definition) is 6. The van der Waals surface area contributed by atoms with E-state index in [2.05, 4.69) is 15.3 Å². The summed E-state index contributed by atoms with van der Waals surface area (Å²) in [6.45, 7) is 1.80. The molecular weight excluding hydrogens is 274 g/mol. The van der Waals surface area contributed by atoms with Crippen LogP contribution in [-0.4, -0.2) is 39.0 Å². The quantitative estimate of drug-likeness (QED) is 0.805. The van der Waals surface area contributed by atoms with E-state index in [4.69, 9.17) is 10.5 Å². The van der Waals surface area contributed by atoms with Gasteiger partial charge in [0.1, 0.15) is 11.7 Å². The lowest BCUT2D eigenvalue weighted by molar-refractivity contribution is -0.121. The number of primary amides is 1. The first kappa shape index (κ1) is 14.6. The van der Waals surface area contributed by atoms with Crippen molar-refractivity contribution in [1.29, 1.82) is 0 Å². The first-order chi connectivity index (χ1) is 10.1. The van der Waals surface area contributed by atoms with Gasteiger partial charge in [-0.25, -0.2) is 9.48 Å². The van der Waals surface area contributed by atoms with Gasteiger partial charge in [-0.15, -0.1) is 5.10 Å². The van der Waals surface area contributed by atoms with Crippen molar-refractivity contribution in [3.63, 3.8) is 0 Å². The van der Waals surface area contributed by atoms with E-state index in [1.165, 1.54) is 11.8 Å². The normalized spacial score (nSPS) is 11.9. The lowest BCUT2D eigenvalue weighted by Gasteiger charge is -2.14. The van der Waals surface area contributed by atoms with E-state index in [0.29, 0.717) is 17.7 Å². The van der Waals surface area contributed by atoms with Gasteiger partial charge in [0.15, 0.2) is 5.69 Å². The van der Waals surface area contributed by atoms with Crippen LogP contribution >= 0.6 is 0 Å². The monoisotopic (exact) mass is 289 g/mol. The minimum atomic E-state index is -0.695. The second kappa shape index (κ2) is 6.12. The molecule has 0 radical (unpaired) electrons. The Labute approximate surface area is 120 Å². The van der Waals surface area contributed by atoms with E-state index < -0.39 is 17.9 Å². The Morgan fingerprint density at radius 1 is 1.38 bits per heavy atom. The molecule has 1 unspecified atom stereocenters. The Morgan fingerprint density at radius 2 is 2.05 bits per heavy atom. The average molecular weight is 289 g/mol. The highest BCUT2D eigenvalue weighted by atomic mass is 16.5.